The fraction of sp³-hybridized carbons (Fsp3) is 1.00. The van der Waals surface area contributed by atoms with Crippen molar-refractivity contribution >= 4 is 0 Å². The molecule has 1 fully saturated rings. The molecular formula is C25H50O5. The molecule has 0 N–H and O–H groups in total. The van der Waals surface area contributed by atoms with Crippen LogP contribution in [0.5, 0.6) is 0 Å². The first-order valence-electron chi connectivity index (χ1n) is 12.8. The lowest BCUT2D eigenvalue weighted by atomic mass is 9.93. The van der Waals surface area contributed by atoms with Gasteiger partial charge in [0.25, 0.3) is 5.97 Å². The molecule has 5 nitrogen and oxygen atoms in total. The van der Waals surface area contributed by atoms with E-state index in [1.54, 1.807) is 0 Å². The second-order valence-corrected chi connectivity index (χ2v) is 8.57. The maximum Gasteiger partial charge on any atom is 0.285 e. The Morgan fingerprint density at radius 2 is 1.23 bits per heavy atom. The van der Waals surface area contributed by atoms with Crippen molar-refractivity contribution in [3.8, 4) is 0 Å². The summed E-state index contributed by atoms with van der Waals surface area (Å²) in [4.78, 5) is 0. The molecule has 0 amide bonds. The fourth-order valence-electron chi connectivity index (χ4n) is 3.69. The van der Waals surface area contributed by atoms with Gasteiger partial charge >= 0.3 is 0 Å². The molecule has 1 aliphatic rings. The molecule has 0 aromatic carbocycles. The Bertz CT molecular complexity index is 351. The normalized spacial score (nSPS) is 17.4. The molecule has 0 aromatic rings. The van der Waals surface area contributed by atoms with Gasteiger partial charge < -0.3 is 23.7 Å². The molecule has 180 valence electrons. The lowest BCUT2D eigenvalue weighted by Gasteiger charge is -2.40. The standard InChI is InChI=1S/C25H50O5/c1-5-9-10-11-12-13-15-23(16-14-20-26-21-24-22-27-24)25(28-17-6-2,29-18-7-3)30-19-8-4/h23-24H,5-22H2,1-4H3. The van der Waals surface area contributed by atoms with Crippen molar-refractivity contribution in [2.24, 2.45) is 5.92 Å². The summed E-state index contributed by atoms with van der Waals surface area (Å²) in [5.41, 5.74) is 0. The third-order valence-corrected chi connectivity index (χ3v) is 5.48. The minimum absolute atomic E-state index is 0.231. The van der Waals surface area contributed by atoms with Gasteiger partial charge in [0.05, 0.1) is 33.0 Å². The zero-order valence-electron chi connectivity index (χ0n) is 20.4. The Balaban J connectivity index is 2.69. The van der Waals surface area contributed by atoms with E-state index in [9.17, 15) is 0 Å². The van der Waals surface area contributed by atoms with Gasteiger partial charge in [0, 0.05) is 12.5 Å². The highest BCUT2D eigenvalue weighted by molar-refractivity contribution is 4.74. The van der Waals surface area contributed by atoms with Crippen LogP contribution in [-0.4, -0.2) is 51.7 Å². The summed E-state index contributed by atoms with van der Waals surface area (Å²) < 4.78 is 30.0. The monoisotopic (exact) mass is 430 g/mol. The number of rotatable bonds is 23. The molecule has 0 bridgehead atoms. The molecule has 0 saturated carbocycles. The molecule has 1 heterocycles. The topological polar surface area (TPSA) is 49.5 Å². The summed E-state index contributed by atoms with van der Waals surface area (Å²) in [5, 5.41) is 0. The van der Waals surface area contributed by atoms with Crippen molar-refractivity contribution in [3.63, 3.8) is 0 Å². The average Bonchev–Trinajstić information content (AvgIpc) is 3.59. The molecule has 2 atom stereocenters. The minimum Gasteiger partial charge on any atom is -0.379 e. The lowest BCUT2D eigenvalue weighted by molar-refractivity contribution is -0.406. The van der Waals surface area contributed by atoms with Gasteiger partial charge in [-0.3, -0.25) is 0 Å². The Labute approximate surface area is 186 Å². The molecule has 0 radical (unpaired) electrons. The van der Waals surface area contributed by atoms with Gasteiger partial charge in [-0.05, 0) is 38.5 Å². The first-order chi connectivity index (χ1) is 14.7. The van der Waals surface area contributed by atoms with E-state index in [4.69, 9.17) is 23.7 Å². The highest BCUT2D eigenvalue weighted by Gasteiger charge is 2.42. The van der Waals surface area contributed by atoms with Crippen LogP contribution in [-0.2, 0) is 23.7 Å². The van der Waals surface area contributed by atoms with Crippen molar-refractivity contribution < 1.29 is 23.7 Å². The van der Waals surface area contributed by atoms with Crippen molar-refractivity contribution in [1.82, 2.24) is 0 Å². The molecular weight excluding hydrogens is 380 g/mol. The molecule has 0 aliphatic carbocycles. The van der Waals surface area contributed by atoms with Gasteiger partial charge in [0.1, 0.15) is 6.10 Å². The molecule has 2 unspecified atom stereocenters. The summed E-state index contributed by atoms with van der Waals surface area (Å²) in [5.74, 6) is -0.681. The molecule has 0 aromatic heterocycles. The number of epoxide rings is 1. The third kappa shape index (κ3) is 12.6. The van der Waals surface area contributed by atoms with Crippen LogP contribution in [0.15, 0.2) is 0 Å². The van der Waals surface area contributed by atoms with Crippen LogP contribution in [0, 0.1) is 5.92 Å². The van der Waals surface area contributed by atoms with Gasteiger partial charge in [-0.2, -0.15) is 0 Å². The van der Waals surface area contributed by atoms with Gasteiger partial charge in [0.2, 0.25) is 0 Å². The Morgan fingerprint density at radius 1 is 0.700 bits per heavy atom. The third-order valence-electron chi connectivity index (χ3n) is 5.48. The zero-order chi connectivity index (χ0) is 21.9. The lowest BCUT2D eigenvalue weighted by Crippen LogP contribution is -2.47. The predicted octanol–water partition coefficient (Wildman–Crippen LogP) is 6.48. The second kappa shape index (κ2) is 18.4. The van der Waals surface area contributed by atoms with Crippen LogP contribution < -0.4 is 0 Å². The average molecular weight is 431 g/mol. The fourth-order valence-corrected chi connectivity index (χ4v) is 3.69. The van der Waals surface area contributed by atoms with Gasteiger partial charge in [-0.15, -0.1) is 0 Å². The molecule has 1 saturated heterocycles. The quantitative estimate of drug-likeness (QED) is 0.105. The van der Waals surface area contributed by atoms with Crippen LogP contribution in [0.4, 0.5) is 0 Å². The van der Waals surface area contributed by atoms with Crippen LogP contribution in [0.25, 0.3) is 0 Å². The van der Waals surface area contributed by atoms with Crippen LogP contribution in [0.1, 0.15) is 105 Å². The molecule has 5 heteroatoms. The van der Waals surface area contributed by atoms with Crippen LogP contribution >= 0.6 is 0 Å². The molecule has 30 heavy (non-hydrogen) atoms. The van der Waals surface area contributed by atoms with Crippen molar-refractivity contribution in [3.05, 3.63) is 0 Å². The maximum absolute atomic E-state index is 6.34. The molecule has 1 rings (SSSR count). The summed E-state index contributed by atoms with van der Waals surface area (Å²) in [7, 11) is 0. The molecule has 1 aliphatic heterocycles. The van der Waals surface area contributed by atoms with E-state index in [1.807, 2.05) is 0 Å². The predicted molar refractivity (Wildman–Crippen MR) is 123 cm³/mol. The van der Waals surface area contributed by atoms with E-state index in [0.29, 0.717) is 25.9 Å². The van der Waals surface area contributed by atoms with E-state index in [2.05, 4.69) is 27.7 Å². The number of hydrogen-bond acceptors (Lipinski definition) is 5. The van der Waals surface area contributed by atoms with Crippen LogP contribution in [0.2, 0.25) is 0 Å². The van der Waals surface area contributed by atoms with Gasteiger partial charge in [0.15, 0.2) is 0 Å². The first kappa shape index (κ1) is 27.8. The second-order valence-electron chi connectivity index (χ2n) is 8.57. The van der Waals surface area contributed by atoms with E-state index < -0.39 is 5.97 Å². The van der Waals surface area contributed by atoms with E-state index in [-0.39, 0.29) is 5.92 Å². The first-order valence-corrected chi connectivity index (χ1v) is 12.8. The van der Waals surface area contributed by atoms with Gasteiger partial charge in [-0.25, -0.2) is 0 Å². The van der Waals surface area contributed by atoms with Crippen LogP contribution in [0.3, 0.4) is 0 Å². The highest BCUT2D eigenvalue weighted by Crippen LogP contribution is 2.34. The van der Waals surface area contributed by atoms with E-state index in [1.165, 1.54) is 38.5 Å². The van der Waals surface area contributed by atoms with E-state index >= 15 is 0 Å². The Morgan fingerprint density at radius 3 is 1.77 bits per heavy atom. The number of hydrogen-bond donors (Lipinski definition) is 0. The van der Waals surface area contributed by atoms with Crippen molar-refractivity contribution in [1.29, 1.82) is 0 Å². The number of unbranched alkanes of at least 4 members (excludes halogenated alkanes) is 5. The maximum atomic E-state index is 6.34. The Hall–Kier alpha value is -0.200. The summed E-state index contributed by atoms with van der Waals surface area (Å²) >= 11 is 0. The summed E-state index contributed by atoms with van der Waals surface area (Å²) in [6.07, 6.45) is 14.0. The minimum atomic E-state index is -0.912. The Kier molecular flexibility index (Phi) is 17.1. The van der Waals surface area contributed by atoms with Crippen molar-refractivity contribution in [2.45, 2.75) is 117 Å². The number of ether oxygens (including phenoxy) is 5. The zero-order valence-corrected chi connectivity index (χ0v) is 20.4. The largest absolute Gasteiger partial charge is 0.379 e. The van der Waals surface area contributed by atoms with Crippen molar-refractivity contribution in [2.75, 3.05) is 39.6 Å². The molecule has 0 spiro atoms. The SMILES string of the molecule is CCCCCCCCC(CCCOCC1CO1)C(OCCC)(OCCC)OCCC. The smallest absolute Gasteiger partial charge is 0.285 e. The van der Waals surface area contributed by atoms with Gasteiger partial charge in [-0.1, -0.05) is 66.2 Å². The van der Waals surface area contributed by atoms with E-state index in [0.717, 1.165) is 58.3 Å². The summed E-state index contributed by atoms with van der Waals surface area (Å²) in [6.45, 7) is 13.0. The summed E-state index contributed by atoms with van der Waals surface area (Å²) in [6, 6.07) is 0. The highest BCUT2D eigenvalue weighted by atomic mass is 16.9.